The van der Waals surface area contributed by atoms with Gasteiger partial charge in [0.1, 0.15) is 5.82 Å². The highest BCUT2D eigenvalue weighted by molar-refractivity contribution is 5.95. The van der Waals surface area contributed by atoms with E-state index in [0.717, 1.165) is 29.1 Å². The molecule has 2 aromatic heterocycles. The summed E-state index contributed by atoms with van der Waals surface area (Å²) in [7, 11) is 3.35. The van der Waals surface area contributed by atoms with E-state index in [-0.39, 0.29) is 35.8 Å². The number of hydrogen-bond donors (Lipinski definition) is 3. The number of benzene rings is 1. The number of amides is 5. The van der Waals surface area contributed by atoms with E-state index in [2.05, 4.69) is 25.8 Å². The number of carbonyl (C=O) groups is 4. The van der Waals surface area contributed by atoms with Crippen LogP contribution in [0.2, 0.25) is 0 Å². The molecule has 0 unspecified atom stereocenters. The molecule has 5 amide bonds. The van der Waals surface area contributed by atoms with E-state index in [0.29, 0.717) is 56.1 Å². The van der Waals surface area contributed by atoms with E-state index >= 15 is 0 Å². The predicted octanol–water partition coefficient (Wildman–Crippen LogP) is 2.80. The minimum absolute atomic E-state index is 0.0257. The molecular formula is C32H41N9O4. The van der Waals surface area contributed by atoms with Crippen molar-refractivity contribution in [2.24, 2.45) is 0 Å². The van der Waals surface area contributed by atoms with E-state index in [1.54, 1.807) is 43.4 Å². The van der Waals surface area contributed by atoms with Gasteiger partial charge in [0, 0.05) is 95.4 Å². The van der Waals surface area contributed by atoms with Crippen molar-refractivity contribution in [3.63, 3.8) is 0 Å². The first kappa shape index (κ1) is 31.5. The zero-order valence-electron chi connectivity index (χ0n) is 26.5. The molecule has 5 rings (SSSR count). The maximum Gasteiger partial charge on any atom is 0.321 e. The fourth-order valence-electron chi connectivity index (χ4n) is 5.69. The summed E-state index contributed by atoms with van der Waals surface area (Å²) in [6.07, 6.45) is 3.03. The van der Waals surface area contributed by atoms with Crippen LogP contribution in [-0.4, -0.2) is 88.1 Å². The van der Waals surface area contributed by atoms with Gasteiger partial charge in [-0.15, -0.1) is 0 Å². The van der Waals surface area contributed by atoms with Crippen molar-refractivity contribution in [2.75, 3.05) is 43.9 Å². The number of carbonyl (C=O) groups excluding carboxylic acids is 4. The lowest BCUT2D eigenvalue weighted by Gasteiger charge is -2.29. The van der Waals surface area contributed by atoms with E-state index in [1.807, 2.05) is 36.7 Å². The maximum absolute atomic E-state index is 13.4. The van der Waals surface area contributed by atoms with Crippen LogP contribution in [0.1, 0.15) is 70.9 Å². The quantitative estimate of drug-likeness (QED) is 0.354. The van der Waals surface area contributed by atoms with Crippen molar-refractivity contribution in [1.82, 2.24) is 35.2 Å². The van der Waals surface area contributed by atoms with Gasteiger partial charge in [0.25, 0.3) is 11.8 Å². The lowest BCUT2D eigenvalue weighted by atomic mass is 10.0. The summed E-state index contributed by atoms with van der Waals surface area (Å²) >= 11 is 0. The molecule has 3 aromatic rings. The van der Waals surface area contributed by atoms with Crippen molar-refractivity contribution in [2.45, 2.75) is 58.8 Å². The fraction of sp³-hybridized carbons (Fsp3) is 0.438. The van der Waals surface area contributed by atoms with Crippen LogP contribution >= 0.6 is 0 Å². The summed E-state index contributed by atoms with van der Waals surface area (Å²) in [6, 6.07) is 10.8. The number of nitrogens with zero attached hydrogens (tertiary/aromatic N) is 6. The Morgan fingerprint density at radius 1 is 1.04 bits per heavy atom. The number of rotatable bonds is 8. The van der Waals surface area contributed by atoms with Crippen LogP contribution in [0.15, 0.2) is 42.6 Å². The second-order valence-electron chi connectivity index (χ2n) is 12.0. The van der Waals surface area contributed by atoms with Crippen LogP contribution in [0.3, 0.4) is 0 Å². The number of anilines is 2. The second-order valence-corrected chi connectivity index (χ2v) is 12.0. The van der Waals surface area contributed by atoms with Crippen LogP contribution in [0.4, 0.5) is 16.3 Å². The zero-order valence-corrected chi connectivity index (χ0v) is 26.5. The summed E-state index contributed by atoms with van der Waals surface area (Å²) in [5, 5.41) is 13.4. The normalized spacial score (nSPS) is 15.9. The van der Waals surface area contributed by atoms with Gasteiger partial charge < -0.3 is 30.7 Å². The van der Waals surface area contributed by atoms with Gasteiger partial charge in [-0.3, -0.25) is 19.1 Å². The van der Waals surface area contributed by atoms with Crippen LogP contribution < -0.4 is 20.9 Å². The standard InChI is InChI=1S/C32H41N9O4/c1-20(2)41-27-13-15-39(28-11-8-23(17-33-28)31(44)40-14-12-25(18-40)35-21(3)42)19-26(27)29(37-41)30(43)34-16-22-6-9-24(10-7-22)36-32(45)38(4)5/h6-11,17,20,25H,12-16,18-19H2,1-5H3,(H,34,43)(H,35,42)(H,36,45)/t25-/m0/s1. The van der Waals surface area contributed by atoms with Crippen LogP contribution in [0.5, 0.6) is 0 Å². The van der Waals surface area contributed by atoms with Gasteiger partial charge in [-0.1, -0.05) is 12.1 Å². The fourth-order valence-corrected chi connectivity index (χ4v) is 5.69. The lowest BCUT2D eigenvalue weighted by Crippen LogP contribution is -2.37. The summed E-state index contributed by atoms with van der Waals surface area (Å²) in [4.78, 5) is 59.7. The molecule has 2 aliphatic rings. The molecule has 0 aliphatic carbocycles. The van der Waals surface area contributed by atoms with Crippen LogP contribution in [0, 0.1) is 0 Å². The number of urea groups is 1. The molecule has 1 aromatic carbocycles. The highest BCUT2D eigenvalue weighted by atomic mass is 16.2. The third kappa shape index (κ3) is 7.24. The molecule has 13 nitrogen and oxygen atoms in total. The molecule has 0 radical (unpaired) electrons. The van der Waals surface area contributed by atoms with Gasteiger partial charge >= 0.3 is 6.03 Å². The van der Waals surface area contributed by atoms with E-state index in [1.165, 1.54) is 11.8 Å². The molecule has 1 fully saturated rings. The molecule has 4 heterocycles. The Labute approximate surface area is 263 Å². The monoisotopic (exact) mass is 615 g/mol. The van der Waals surface area contributed by atoms with E-state index in [9.17, 15) is 19.2 Å². The molecular weight excluding hydrogens is 574 g/mol. The van der Waals surface area contributed by atoms with Gasteiger partial charge in [0.2, 0.25) is 5.91 Å². The Morgan fingerprint density at radius 2 is 1.80 bits per heavy atom. The number of nitrogens with one attached hydrogen (secondary N) is 3. The van der Waals surface area contributed by atoms with Gasteiger partial charge in [0.15, 0.2) is 5.69 Å². The molecule has 1 atom stereocenters. The van der Waals surface area contributed by atoms with Crippen LogP contribution in [0.25, 0.3) is 0 Å². The SMILES string of the molecule is CC(=O)N[C@H]1CCN(C(=O)c2ccc(N3CCc4c(c(C(=O)NCc5ccc(NC(=O)N(C)C)cc5)nn4C(C)C)C3)nc2)C1. The van der Waals surface area contributed by atoms with E-state index in [4.69, 9.17) is 5.10 Å². The van der Waals surface area contributed by atoms with Crippen molar-refractivity contribution >= 4 is 35.3 Å². The van der Waals surface area contributed by atoms with Crippen molar-refractivity contribution in [3.8, 4) is 0 Å². The third-order valence-electron chi connectivity index (χ3n) is 8.06. The highest BCUT2D eigenvalue weighted by Crippen LogP contribution is 2.28. The molecule has 45 heavy (non-hydrogen) atoms. The Balaban J connectivity index is 1.25. The minimum Gasteiger partial charge on any atom is -0.352 e. The number of hydrogen-bond acceptors (Lipinski definition) is 7. The Kier molecular flexibility index (Phi) is 9.35. The molecule has 2 aliphatic heterocycles. The average molecular weight is 616 g/mol. The molecule has 1 saturated heterocycles. The summed E-state index contributed by atoms with van der Waals surface area (Å²) in [6.45, 7) is 8.14. The van der Waals surface area contributed by atoms with Crippen molar-refractivity contribution < 1.29 is 19.2 Å². The largest absolute Gasteiger partial charge is 0.352 e. The first-order valence-electron chi connectivity index (χ1n) is 15.2. The van der Waals surface area contributed by atoms with Gasteiger partial charge in [-0.25, -0.2) is 9.78 Å². The highest BCUT2D eigenvalue weighted by Gasteiger charge is 2.30. The second kappa shape index (κ2) is 13.4. The molecule has 0 saturated carbocycles. The first-order chi connectivity index (χ1) is 21.5. The van der Waals surface area contributed by atoms with Crippen molar-refractivity contribution in [1.29, 1.82) is 0 Å². The summed E-state index contributed by atoms with van der Waals surface area (Å²) in [5.74, 6) is 0.269. The Bertz CT molecular complexity index is 1560. The van der Waals surface area contributed by atoms with Crippen molar-refractivity contribution in [3.05, 3.63) is 70.7 Å². The molecule has 0 bridgehead atoms. The topological polar surface area (TPSA) is 145 Å². The van der Waals surface area contributed by atoms with Crippen LogP contribution in [-0.2, 0) is 24.3 Å². The minimum atomic E-state index is -0.255. The predicted molar refractivity (Wildman–Crippen MR) is 170 cm³/mol. The third-order valence-corrected chi connectivity index (χ3v) is 8.06. The number of fused-ring (bicyclic) bond motifs is 1. The number of aromatic nitrogens is 3. The lowest BCUT2D eigenvalue weighted by molar-refractivity contribution is -0.119. The van der Waals surface area contributed by atoms with Gasteiger partial charge in [0.05, 0.1) is 5.56 Å². The van der Waals surface area contributed by atoms with E-state index < -0.39 is 0 Å². The summed E-state index contributed by atoms with van der Waals surface area (Å²) < 4.78 is 1.93. The summed E-state index contributed by atoms with van der Waals surface area (Å²) in [5.41, 5.74) is 4.38. The van der Waals surface area contributed by atoms with Gasteiger partial charge in [-0.2, -0.15) is 5.10 Å². The molecule has 3 N–H and O–H groups in total. The average Bonchev–Trinajstić information content (AvgIpc) is 3.64. The number of pyridine rings is 1. The molecule has 0 spiro atoms. The maximum atomic E-state index is 13.4. The zero-order chi connectivity index (χ0) is 32.2. The first-order valence-corrected chi connectivity index (χ1v) is 15.2. The Hall–Kier alpha value is -4.94. The number of likely N-dealkylation sites (tertiary alicyclic amines) is 1. The molecule has 13 heteroatoms. The van der Waals surface area contributed by atoms with Gasteiger partial charge in [-0.05, 0) is 50.1 Å². The molecule has 238 valence electrons. The Morgan fingerprint density at radius 3 is 2.44 bits per heavy atom. The smallest absolute Gasteiger partial charge is 0.321 e.